The van der Waals surface area contributed by atoms with Crippen LogP contribution in [0, 0.1) is 0 Å². The van der Waals surface area contributed by atoms with E-state index in [0.29, 0.717) is 12.7 Å². The highest BCUT2D eigenvalue weighted by Crippen LogP contribution is 2.30. The van der Waals surface area contributed by atoms with Crippen molar-refractivity contribution in [2.24, 2.45) is 0 Å². The topological polar surface area (TPSA) is 91.6 Å². The molecule has 1 aromatic rings. The third-order valence-corrected chi connectivity index (χ3v) is 2.36. The molecule has 1 unspecified atom stereocenters. The number of rotatable bonds is 4. The van der Waals surface area contributed by atoms with E-state index in [0.717, 1.165) is 0 Å². The predicted molar refractivity (Wildman–Crippen MR) is 56.2 cm³/mol. The Labute approximate surface area is 105 Å². The molecule has 1 rings (SSSR count). The Morgan fingerprint density at radius 1 is 1.42 bits per heavy atom. The Kier molecular flexibility index (Phi) is 4.07. The summed E-state index contributed by atoms with van der Waals surface area (Å²) in [4.78, 5) is 21.9. The average Bonchev–Trinajstić information content (AvgIpc) is 2.77. The molecular formula is C10H11F3N2O4. The first-order chi connectivity index (χ1) is 8.67. The smallest absolute Gasteiger partial charge is 0.422 e. The number of furan rings is 1. The van der Waals surface area contributed by atoms with Crippen molar-refractivity contribution >= 4 is 12.0 Å². The molecule has 0 aromatic carbocycles. The maximum absolute atomic E-state index is 12.6. The predicted octanol–water partition coefficient (Wildman–Crippen LogP) is 1.48. The highest BCUT2D eigenvalue weighted by Gasteiger charge is 2.58. The second-order valence-electron chi connectivity index (χ2n) is 3.81. The Balaban J connectivity index is 2.65. The fourth-order valence-corrected chi connectivity index (χ4v) is 1.10. The maximum atomic E-state index is 12.6. The van der Waals surface area contributed by atoms with Gasteiger partial charge < -0.3 is 20.2 Å². The lowest BCUT2D eigenvalue weighted by molar-refractivity contribution is -0.203. The van der Waals surface area contributed by atoms with Crippen molar-refractivity contribution in [1.29, 1.82) is 0 Å². The minimum Gasteiger partial charge on any atom is -0.479 e. The molecule has 0 aliphatic heterocycles. The largest absolute Gasteiger partial charge is 0.479 e. The van der Waals surface area contributed by atoms with Gasteiger partial charge in [-0.3, -0.25) is 0 Å². The molecule has 3 N–H and O–H groups in total. The van der Waals surface area contributed by atoms with Gasteiger partial charge in [0.25, 0.3) is 0 Å². The van der Waals surface area contributed by atoms with Crippen LogP contribution in [-0.4, -0.2) is 28.8 Å². The van der Waals surface area contributed by atoms with Crippen LogP contribution in [0.15, 0.2) is 22.8 Å². The van der Waals surface area contributed by atoms with Crippen LogP contribution in [0.25, 0.3) is 0 Å². The van der Waals surface area contributed by atoms with Crippen molar-refractivity contribution in [3.8, 4) is 0 Å². The zero-order valence-corrected chi connectivity index (χ0v) is 9.75. The summed E-state index contributed by atoms with van der Waals surface area (Å²) in [6.07, 6.45) is -3.80. The molecule has 1 aromatic heterocycles. The van der Waals surface area contributed by atoms with Gasteiger partial charge in [0.15, 0.2) is 0 Å². The fourth-order valence-electron chi connectivity index (χ4n) is 1.10. The van der Waals surface area contributed by atoms with Gasteiger partial charge in [0.05, 0.1) is 12.8 Å². The average molecular weight is 280 g/mol. The van der Waals surface area contributed by atoms with Gasteiger partial charge in [-0.15, -0.1) is 0 Å². The number of carboxylic acids is 1. The Bertz CT molecular complexity index is 458. The van der Waals surface area contributed by atoms with E-state index in [4.69, 9.17) is 9.52 Å². The SMILES string of the molecule is CC(NC(=O)NCc1ccco1)(C(=O)O)C(F)(F)F. The van der Waals surface area contributed by atoms with Gasteiger partial charge in [-0.1, -0.05) is 0 Å². The monoisotopic (exact) mass is 280 g/mol. The van der Waals surface area contributed by atoms with E-state index in [1.807, 2.05) is 0 Å². The van der Waals surface area contributed by atoms with Crippen molar-refractivity contribution in [2.45, 2.75) is 25.2 Å². The summed E-state index contributed by atoms with van der Waals surface area (Å²) in [5, 5.41) is 12.0. The van der Waals surface area contributed by atoms with Crippen molar-refractivity contribution in [2.75, 3.05) is 0 Å². The lowest BCUT2D eigenvalue weighted by Gasteiger charge is -2.28. The summed E-state index contributed by atoms with van der Waals surface area (Å²) in [5.74, 6) is -1.88. The van der Waals surface area contributed by atoms with Crippen LogP contribution < -0.4 is 10.6 Å². The normalized spacial score (nSPS) is 14.5. The minimum absolute atomic E-state index is 0.160. The molecule has 0 radical (unpaired) electrons. The van der Waals surface area contributed by atoms with Crippen LogP contribution >= 0.6 is 0 Å². The number of carboxylic acid groups (broad SMARTS) is 1. The second kappa shape index (κ2) is 5.21. The van der Waals surface area contributed by atoms with Crippen molar-refractivity contribution in [1.82, 2.24) is 10.6 Å². The van der Waals surface area contributed by atoms with Gasteiger partial charge in [0.2, 0.25) is 5.54 Å². The number of aliphatic carboxylic acids is 1. The number of nitrogens with one attached hydrogen (secondary N) is 2. The molecule has 2 amide bonds. The van der Waals surface area contributed by atoms with Crippen molar-refractivity contribution < 1.29 is 32.3 Å². The van der Waals surface area contributed by atoms with E-state index >= 15 is 0 Å². The number of halogens is 3. The molecular weight excluding hydrogens is 269 g/mol. The zero-order valence-electron chi connectivity index (χ0n) is 9.75. The van der Waals surface area contributed by atoms with E-state index in [9.17, 15) is 22.8 Å². The molecule has 1 heterocycles. The maximum Gasteiger partial charge on any atom is 0.422 e. The molecule has 106 valence electrons. The van der Waals surface area contributed by atoms with E-state index in [1.165, 1.54) is 23.7 Å². The summed E-state index contributed by atoms with van der Waals surface area (Å²) in [5.41, 5.74) is -3.36. The summed E-state index contributed by atoms with van der Waals surface area (Å²) in [6, 6.07) is 1.77. The third-order valence-electron chi connectivity index (χ3n) is 2.36. The van der Waals surface area contributed by atoms with Gasteiger partial charge in [-0.05, 0) is 19.1 Å². The molecule has 0 aliphatic carbocycles. The van der Waals surface area contributed by atoms with Crippen molar-refractivity contribution in [3.05, 3.63) is 24.2 Å². The Hall–Kier alpha value is -2.19. The number of alkyl halides is 3. The van der Waals surface area contributed by atoms with Crippen molar-refractivity contribution in [3.63, 3.8) is 0 Å². The molecule has 0 saturated carbocycles. The summed E-state index contributed by atoms with van der Waals surface area (Å²) in [7, 11) is 0. The first kappa shape index (κ1) is 14.9. The molecule has 6 nitrogen and oxygen atoms in total. The molecule has 0 bridgehead atoms. The van der Waals surface area contributed by atoms with Crippen LogP contribution in [0.1, 0.15) is 12.7 Å². The number of carbonyl (C=O) groups excluding carboxylic acids is 1. The number of hydrogen-bond acceptors (Lipinski definition) is 3. The molecule has 1 atom stereocenters. The quantitative estimate of drug-likeness (QED) is 0.779. The van der Waals surface area contributed by atoms with E-state index in [2.05, 4.69) is 5.32 Å². The van der Waals surface area contributed by atoms with Crippen LogP contribution in [0.2, 0.25) is 0 Å². The van der Waals surface area contributed by atoms with E-state index in [1.54, 1.807) is 0 Å². The van der Waals surface area contributed by atoms with Gasteiger partial charge >= 0.3 is 18.2 Å². The second-order valence-corrected chi connectivity index (χ2v) is 3.81. The van der Waals surface area contributed by atoms with E-state index < -0.39 is 23.7 Å². The number of amides is 2. The number of urea groups is 1. The Morgan fingerprint density at radius 3 is 2.47 bits per heavy atom. The first-order valence-corrected chi connectivity index (χ1v) is 5.05. The first-order valence-electron chi connectivity index (χ1n) is 5.05. The summed E-state index contributed by atoms with van der Waals surface area (Å²) >= 11 is 0. The Morgan fingerprint density at radius 2 is 2.05 bits per heavy atom. The lowest BCUT2D eigenvalue weighted by atomic mass is 10.0. The molecule has 0 aliphatic rings. The highest BCUT2D eigenvalue weighted by molar-refractivity contribution is 5.86. The van der Waals surface area contributed by atoms with Crippen LogP contribution in [-0.2, 0) is 11.3 Å². The standard InChI is InChI=1S/C10H11F3N2O4/c1-9(7(16)17,10(11,12)13)15-8(18)14-5-6-3-2-4-19-6/h2-4H,5H2,1H3,(H,16,17)(H2,14,15,18). The molecule has 0 spiro atoms. The number of carbonyl (C=O) groups is 2. The van der Waals surface area contributed by atoms with Crippen LogP contribution in [0.4, 0.5) is 18.0 Å². The summed E-state index contributed by atoms with van der Waals surface area (Å²) in [6.45, 7) is 0.203. The number of hydrogen-bond donors (Lipinski definition) is 3. The molecule has 9 heteroatoms. The van der Waals surface area contributed by atoms with Gasteiger partial charge in [-0.25, -0.2) is 9.59 Å². The van der Waals surface area contributed by atoms with E-state index in [-0.39, 0.29) is 6.54 Å². The van der Waals surface area contributed by atoms with Gasteiger partial charge in [0, 0.05) is 0 Å². The van der Waals surface area contributed by atoms with Crippen LogP contribution in [0.5, 0.6) is 0 Å². The zero-order chi connectivity index (χ0) is 14.7. The van der Waals surface area contributed by atoms with Crippen LogP contribution in [0.3, 0.4) is 0 Å². The molecule has 19 heavy (non-hydrogen) atoms. The third kappa shape index (κ3) is 3.39. The highest BCUT2D eigenvalue weighted by atomic mass is 19.4. The minimum atomic E-state index is -5.12. The summed E-state index contributed by atoms with van der Waals surface area (Å²) < 4.78 is 42.6. The molecule has 0 fully saturated rings. The lowest BCUT2D eigenvalue weighted by Crippen LogP contribution is -2.63. The van der Waals surface area contributed by atoms with Gasteiger partial charge in [-0.2, -0.15) is 13.2 Å². The fraction of sp³-hybridized carbons (Fsp3) is 0.400. The molecule has 0 saturated heterocycles. The van der Waals surface area contributed by atoms with Gasteiger partial charge in [0.1, 0.15) is 5.76 Å².